The predicted molar refractivity (Wildman–Crippen MR) is 95.7 cm³/mol. The molecular formula is C18H19NO6S. The average Bonchev–Trinajstić information content (AvgIpc) is 2.61. The van der Waals surface area contributed by atoms with E-state index in [4.69, 9.17) is 5.11 Å². The number of aryl methyl sites for hydroxylation is 2. The second-order valence-electron chi connectivity index (χ2n) is 5.66. The molecule has 138 valence electrons. The number of ether oxygens (including phenoxy) is 1. The molecule has 0 unspecified atom stereocenters. The van der Waals surface area contributed by atoms with E-state index in [9.17, 15) is 18.0 Å². The van der Waals surface area contributed by atoms with Gasteiger partial charge in [0.15, 0.2) is 0 Å². The van der Waals surface area contributed by atoms with Crippen LogP contribution in [0, 0.1) is 6.92 Å². The maximum absolute atomic E-state index is 12.6. The van der Waals surface area contributed by atoms with Crippen LogP contribution in [0.1, 0.15) is 27.9 Å². The fourth-order valence-electron chi connectivity index (χ4n) is 2.27. The first-order valence-electron chi connectivity index (χ1n) is 7.75. The average molecular weight is 377 g/mol. The Morgan fingerprint density at radius 1 is 1.12 bits per heavy atom. The lowest BCUT2D eigenvalue weighted by Crippen LogP contribution is -2.14. The second kappa shape index (κ2) is 8.01. The van der Waals surface area contributed by atoms with Gasteiger partial charge in [0.05, 0.1) is 23.3 Å². The number of esters is 1. The Bertz CT molecular complexity index is 919. The number of carboxylic acids is 1. The minimum absolute atomic E-state index is 0.0239. The molecule has 7 nitrogen and oxygen atoms in total. The summed E-state index contributed by atoms with van der Waals surface area (Å²) in [5.41, 5.74) is 1.90. The molecule has 2 N–H and O–H groups in total. The van der Waals surface area contributed by atoms with Gasteiger partial charge < -0.3 is 9.84 Å². The molecule has 0 aliphatic carbocycles. The van der Waals surface area contributed by atoms with Gasteiger partial charge in [-0.05, 0) is 48.7 Å². The third-order valence-corrected chi connectivity index (χ3v) is 5.15. The van der Waals surface area contributed by atoms with Crippen molar-refractivity contribution in [3.05, 3.63) is 59.2 Å². The van der Waals surface area contributed by atoms with Crippen LogP contribution in [0.2, 0.25) is 0 Å². The van der Waals surface area contributed by atoms with Gasteiger partial charge in [0.1, 0.15) is 0 Å². The lowest BCUT2D eigenvalue weighted by Gasteiger charge is -2.12. The summed E-state index contributed by atoms with van der Waals surface area (Å²) in [6.07, 6.45) is 0.299. The van der Waals surface area contributed by atoms with Crippen molar-refractivity contribution in [3.63, 3.8) is 0 Å². The molecule has 0 saturated carbocycles. The van der Waals surface area contributed by atoms with E-state index >= 15 is 0 Å². The van der Waals surface area contributed by atoms with Crippen molar-refractivity contribution in [3.8, 4) is 0 Å². The zero-order chi connectivity index (χ0) is 19.3. The van der Waals surface area contributed by atoms with Gasteiger partial charge in [0.2, 0.25) is 0 Å². The van der Waals surface area contributed by atoms with Gasteiger partial charge in [0.25, 0.3) is 10.0 Å². The van der Waals surface area contributed by atoms with Crippen molar-refractivity contribution >= 4 is 27.6 Å². The molecule has 0 heterocycles. The van der Waals surface area contributed by atoms with E-state index in [1.54, 1.807) is 31.2 Å². The summed E-state index contributed by atoms with van der Waals surface area (Å²) in [6, 6.07) is 10.6. The van der Waals surface area contributed by atoms with Crippen LogP contribution in [-0.4, -0.2) is 32.6 Å². The minimum atomic E-state index is -3.85. The van der Waals surface area contributed by atoms with Gasteiger partial charge in [0, 0.05) is 6.42 Å². The van der Waals surface area contributed by atoms with E-state index < -0.39 is 22.0 Å². The molecule has 8 heteroatoms. The fraction of sp³-hybridized carbons (Fsp3) is 0.222. The molecule has 0 bridgehead atoms. The third kappa shape index (κ3) is 4.82. The first-order valence-corrected chi connectivity index (χ1v) is 9.24. The number of benzene rings is 2. The van der Waals surface area contributed by atoms with Crippen LogP contribution < -0.4 is 4.72 Å². The Kier molecular flexibility index (Phi) is 5.99. The van der Waals surface area contributed by atoms with Crippen LogP contribution in [0.3, 0.4) is 0 Å². The third-order valence-electron chi connectivity index (χ3n) is 3.76. The Morgan fingerprint density at radius 2 is 1.77 bits per heavy atom. The van der Waals surface area contributed by atoms with Crippen LogP contribution in [0.25, 0.3) is 0 Å². The van der Waals surface area contributed by atoms with Crippen molar-refractivity contribution in [2.24, 2.45) is 0 Å². The molecule has 0 aliphatic heterocycles. The Balaban J connectivity index is 2.23. The molecule has 0 fully saturated rings. The Morgan fingerprint density at radius 3 is 2.35 bits per heavy atom. The summed E-state index contributed by atoms with van der Waals surface area (Å²) in [5, 5.41) is 8.69. The number of rotatable bonds is 7. The molecule has 0 atom stereocenters. The molecule has 0 spiro atoms. The van der Waals surface area contributed by atoms with Gasteiger partial charge in [-0.25, -0.2) is 13.2 Å². The minimum Gasteiger partial charge on any atom is -0.481 e. The smallest absolute Gasteiger partial charge is 0.337 e. The van der Waals surface area contributed by atoms with Crippen molar-refractivity contribution in [1.29, 1.82) is 0 Å². The van der Waals surface area contributed by atoms with E-state index in [0.29, 0.717) is 12.0 Å². The maximum Gasteiger partial charge on any atom is 0.337 e. The summed E-state index contributed by atoms with van der Waals surface area (Å²) >= 11 is 0. The standard InChI is InChI=1S/C18H19NO6S/c1-12-3-7-14(18(22)25-2)11-16(12)19-26(23,24)15-8-4-13(5-9-15)6-10-17(20)21/h3-5,7-9,11,19H,6,10H2,1-2H3,(H,20,21). The molecule has 2 rings (SSSR count). The highest BCUT2D eigenvalue weighted by Gasteiger charge is 2.17. The highest BCUT2D eigenvalue weighted by Crippen LogP contribution is 2.22. The zero-order valence-electron chi connectivity index (χ0n) is 14.4. The number of carbonyl (C=O) groups excluding carboxylic acids is 1. The summed E-state index contributed by atoms with van der Waals surface area (Å²) in [6.45, 7) is 1.72. The number of sulfonamides is 1. The highest BCUT2D eigenvalue weighted by molar-refractivity contribution is 7.92. The van der Waals surface area contributed by atoms with Gasteiger partial charge in [-0.3, -0.25) is 9.52 Å². The van der Waals surface area contributed by atoms with Crippen molar-refractivity contribution < 1.29 is 27.9 Å². The van der Waals surface area contributed by atoms with Gasteiger partial charge in [-0.15, -0.1) is 0 Å². The molecule has 26 heavy (non-hydrogen) atoms. The normalized spacial score (nSPS) is 11.0. The number of hydrogen-bond donors (Lipinski definition) is 2. The number of carboxylic acid groups (broad SMARTS) is 1. The first kappa shape index (κ1) is 19.5. The van der Waals surface area contributed by atoms with Gasteiger partial charge in [-0.2, -0.15) is 0 Å². The Hall–Kier alpha value is -2.87. The molecule has 2 aromatic rings. The number of aliphatic carboxylic acids is 1. The van der Waals surface area contributed by atoms with Crippen molar-refractivity contribution in [2.75, 3.05) is 11.8 Å². The SMILES string of the molecule is COC(=O)c1ccc(C)c(NS(=O)(=O)c2ccc(CCC(=O)O)cc2)c1. The maximum atomic E-state index is 12.6. The zero-order valence-corrected chi connectivity index (χ0v) is 15.2. The van der Waals surface area contributed by atoms with E-state index in [2.05, 4.69) is 9.46 Å². The number of carbonyl (C=O) groups is 2. The summed E-state index contributed by atoms with van der Waals surface area (Å²) < 4.78 is 32.2. The summed E-state index contributed by atoms with van der Waals surface area (Å²) in [4.78, 5) is 22.3. The highest BCUT2D eigenvalue weighted by atomic mass is 32.2. The molecule has 2 aromatic carbocycles. The fourth-order valence-corrected chi connectivity index (χ4v) is 3.39. The first-order chi connectivity index (χ1) is 12.2. The summed E-state index contributed by atoms with van der Waals surface area (Å²) in [5.74, 6) is -1.47. The summed E-state index contributed by atoms with van der Waals surface area (Å²) in [7, 11) is -2.60. The lowest BCUT2D eigenvalue weighted by molar-refractivity contribution is -0.136. The molecule has 0 aliphatic rings. The molecule has 0 radical (unpaired) electrons. The van der Waals surface area contributed by atoms with Crippen LogP contribution in [-0.2, 0) is 26.0 Å². The number of hydrogen-bond acceptors (Lipinski definition) is 5. The molecule has 0 amide bonds. The Labute approximate surface area is 151 Å². The number of nitrogens with one attached hydrogen (secondary N) is 1. The van der Waals surface area contributed by atoms with Crippen molar-refractivity contribution in [1.82, 2.24) is 0 Å². The second-order valence-corrected chi connectivity index (χ2v) is 7.35. The van der Waals surface area contributed by atoms with Crippen molar-refractivity contribution in [2.45, 2.75) is 24.7 Å². The van der Waals surface area contributed by atoms with Crippen LogP contribution in [0.5, 0.6) is 0 Å². The molecule has 0 aromatic heterocycles. The van der Waals surface area contributed by atoms with Gasteiger partial charge >= 0.3 is 11.9 Å². The van der Waals surface area contributed by atoms with E-state index in [0.717, 1.165) is 5.56 Å². The molecular weight excluding hydrogens is 358 g/mol. The van der Waals surface area contributed by atoms with E-state index in [1.807, 2.05) is 0 Å². The van der Waals surface area contributed by atoms with E-state index in [-0.39, 0.29) is 22.6 Å². The number of anilines is 1. The topological polar surface area (TPSA) is 110 Å². The lowest BCUT2D eigenvalue weighted by atomic mass is 10.1. The quantitative estimate of drug-likeness (QED) is 0.718. The van der Waals surface area contributed by atoms with Crippen LogP contribution >= 0.6 is 0 Å². The largest absolute Gasteiger partial charge is 0.481 e. The number of methoxy groups -OCH3 is 1. The van der Waals surface area contributed by atoms with Crippen LogP contribution in [0.4, 0.5) is 5.69 Å². The monoisotopic (exact) mass is 377 g/mol. The van der Waals surface area contributed by atoms with Crippen LogP contribution in [0.15, 0.2) is 47.4 Å². The predicted octanol–water partition coefficient (Wildman–Crippen LogP) is 2.60. The molecule has 0 saturated heterocycles. The van der Waals surface area contributed by atoms with E-state index in [1.165, 1.54) is 25.3 Å². The van der Waals surface area contributed by atoms with Gasteiger partial charge in [-0.1, -0.05) is 18.2 Å².